The second kappa shape index (κ2) is 10.6. The van der Waals surface area contributed by atoms with Gasteiger partial charge in [0.1, 0.15) is 0 Å². The first kappa shape index (κ1) is 24.4. The van der Waals surface area contributed by atoms with E-state index in [2.05, 4.69) is 15.1 Å². The number of carbonyl (C=O) groups is 1. The van der Waals surface area contributed by atoms with E-state index >= 15 is 0 Å². The van der Waals surface area contributed by atoms with Crippen LogP contribution in [0.3, 0.4) is 0 Å². The van der Waals surface area contributed by atoms with E-state index in [0.717, 1.165) is 28.2 Å². The van der Waals surface area contributed by atoms with Gasteiger partial charge in [0.25, 0.3) is 0 Å². The standard InChI is InChI=1S/C25H30N4O3S/c1-18(2)28-33(31,32)17-22-12-10-21(11-13-22)16-26-25(30)15-14-24-19(3)27-29(20(24)4)23-8-6-5-7-9-23/h5-15,18,28H,16-17H2,1-4H3,(H,26,30)/b15-14+. The number of carbonyl (C=O) groups excluding carboxylic acids is 1. The molecule has 0 aliphatic heterocycles. The quantitative estimate of drug-likeness (QED) is 0.471. The predicted octanol–water partition coefficient (Wildman–Crippen LogP) is 3.65. The van der Waals surface area contributed by atoms with Crippen LogP contribution in [0.25, 0.3) is 11.8 Å². The van der Waals surface area contributed by atoms with Crippen molar-refractivity contribution in [1.29, 1.82) is 0 Å². The summed E-state index contributed by atoms with van der Waals surface area (Å²) in [6.07, 6.45) is 3.28. The topological polar surface area (TPSA) is 93.1 Å². The van der Waals surface area contributed by atoms with E-state index in [9.17, 15) is 13.2 Å². The molecule has 0 bridgehead atoms. The van der Waals surface area contributed by atoms with Crippen LogP contribution < -0.4 is 10.0 Å². The highest BCUT2D eigenvalue weighted by molar-refractivity contribution is 7.88. The zero-order chi connectivity index (χ0) is 24.0. The Bertz CT molecular complexity index is 1230. The number of para-hydroxylation sites is 1. The van der Waals surface area contributed by atoms with Gasteiger partial charge in [0.05, 0.1) is 17.1 Å². The van der Waals surface area contributed by atoms with E-state index in [0.29, 0.717) is 12.1 Å². The maximum Gasteiger partial charge on any atom is 0.244 e. The van der Waals surface area contributed by atoms with Crippen LogP contribution in [0.15, 0.2) is 60.7 Å². The van der Waals surface area contributed by atoms with Crippen molar-refractivity contribution in [2.24, 2.45) is 0 Å². The second-order valence-corrected chi connectivity index (χ2v) is 9.98. The van der Waals surface area contributed by atoms with Crippen LogP contribution in [0.4, 0.5) is 0 Å². The summed E-state index contributed by atoms with van der Waals surface area (Å²) in [4.78, 5) is 12.3. The average Bonchev–Trinajstić information content (AvgIpc) is 3.04. The number of rotatable bonds is 9. The highest BCUT2D eigenvalue weighted by atomic mass is 32.2. The fourth-order valence-electron chi connectivity index (χ4n) is 3.50. The number of hydrogen-bond acceptors (Lipinski definition) is 4. The first-order chi connectivity index (χ1) is 15.6. The summed E-state index contributed by atoms with van der Waals surface area (Å²) in [5.74, 6) is -0.287. The van der Waals surface area contributed by atoms with E-state index in [-0.39, 0.29) is 17.7 Å². The summed E-state index contributed by atoms with van der Waals surface area (Å²) in [6, 6.07) is 16.9. The first-order valence-corrected chi connectivity index (χ1v) is 12.5. The summed E-state index contributed by atoms with van der Waals surface area (Å²) in [7, 11) is -3.37. The molecule has 0 unspecified atom stereocenters. The van der Waals surface area contributed by atoms with Crippen molar-refractivity contribution in [3.05, 3.63) is 88.8 Å². The molecule has 174 valence electrons. The third-order valence-electron chi connectivity index (χ3n) is 5.01. The van der Waals surface area contributed by atoms with Crippen LogP contribution in [0.2, 0.25) is 0 Å². The summed E-state index contributed by atoms with van der Waals surface area (Å²) in [5, 5.41) is 7.44. The normalized spacial score (nSPS) is 11.9. The van der Waals surface area contributed by atoms with Gasteiger partial charge >= 0.3 is 0 Å². The Labute approximate surface area is 195 Å². The molecule has 0 aliphatic rings. The van der Waals surface area contributed by atoms with E-state index in [1.807, 2.05) is 61.0 Å². The average molecular weight is 467 g/mol. The first-order valence-electron chi connectivity index (χ1n) is 10.8. The highest BCUT2D eigenvalue weighted by Gasteiger charge is 2.13. The second-order valence-electron chi connectivity index (χ2n) is 8.23. The number of aryl methyl sites for hydroxylation is 1. The maximum atomic E-state index is 12.3. The predicted molar refractivity (Wildman–Crippen MR) is 131 cm³/mol. The number of nitrogens with one attached hydrogen (secondary N) is 2. The number of aromatic nitrogens is 2. The Hall–Kier alpha value is -3.23. The van der Waals surface area contributed by atoms with Gasteiger partial charge in [0.2, 0.25) is 15.9 Å². The molecule has 7 nitrogen and oxygen atoms in total. The molecule has 0 aliphatic carbocycles. The Morgan fingerprint density at radius 2 is 1.67 bits per heavy atom. The minimum Gasteiger partial charge on any atom is -0.348 e. The highest BCUT2D eigenvalue weighted by Crippen LogP contribution is 2.19. The van der Waals surface area contributed by atoms with E-state index in [1.165, 1.54) is 6.08 Å². The molecule has 1 heterocycles. The smallest absolute Gasteiger partial charge is 0.244 e. The van der Waals surface area contributed by atoms with Gasteiger partial charge in [-0.1, -0.05) is 42.5 Å². The van der Waals surface area contributed by atoms with Crippen LogP contribution >= 0.6 is 0 Å². The molecule has 8 heteroatoms. The fraction of sp³-hybridized carbons (Fsp3) is 0.280. The molecule has 0 saturated carbocycles. The Balaban J connectivity index is 1.58. The lowest BCUT2D eigenvalue weighted by molar-refractivity contribution is -0.116. The third-order valence-corrected chi connectivity index (χ3v) is 6.55. The summed E-state index contributed by atoms with van der Waals surface area (Å²) in [5.41, 5.74) is 5.27. The van der Waals surface area contributed by atoms with Gasteiger partial charge in [-0.15, -0.1) is 0 Å². The van der Waals surface area contributed by atoms with Gasteiger partial charge in [0, 0.05) is 29.9 Å². The van der Waals surface area contributed by atoms with Gasteiger partial charge in [-0.25, -0.2) is 17.8 Å². The zero-order valence-electron chi connectivity index (χ0n) is 19.4. The molecule has 1 amide bonds. The van der Waals surface area contributed by atoms with Crippen molar-refractivity contribution in [2.75, 3.05) is 0 Å². The molecule has 0 saturated heterocycles. The SMILES string of the molecule is Cc1nn(-c2ccccc2)c(C)c1/C=C/C(=O)NCc1ccc(CS(=O)(=O)NC(C)C)cc1. The molecular weight excluding hydrogens is 436 g/mol. The lowest BCUT2D eigenvalue weighted by Crippen LogP contribution is -2.31. The molecule has 0 atom stereocenters. The van der Waals surface area contributed by atoms with Crippen molar-refractivity contribution in [3.63, 3.8) is 0 Å². The molecule has 3 aromatic rings. The zero-order valence-corrected chi connectivity index (χ0v) is 20.2. The van der Waals surface area contributed by atoms with Crippen molar-refractivity contribution in [1.82, 2.24) is 19.8 Å². The summed E-state index contributed by atoms with van der Waals surface area (Å²) in [6.45, 7) is 7.82. The van der Waals surface area contributed by atoms with E-state index in [4.69, 9.17) is 0 Å². The Morgan fingerprint density at radius 1 is 1.03 bits per heavy atom. The van der Waals surface area contributed by atoms with E-state index < -0.39 is 10.0 Å². The van der Waals surface area contributed by atoms with Crippen LogP contribution in [-0.4, -0.2) is 30.1 Å². The molecule has 0 radical (unpaired) electrons. The van der Waals surface area contributed by atoms with Crippen molar-refractivity contribution >= 4 is 22.0 Å². The number of nitrogens with zero attached hydrogens (tertiary/aromatic N) is 2. The lowest BCUT2D eigenvalue weighted by atomic mass is 10.1. The number of benzene rings is 2. The molecule has 2 aromatic carbocycles. The Morgan fingerprint density at radius 3 is 2.30 bits per heavy atom. The summed E-state index contributed by atoms with van der Waals surface area (Å²) < 4.78 is 28.5. The minimum atomic E-state index is -3.37. The van der Waals surface area contributed by atoms with E-state index in [1.54, 1.807) is 32.1 Å². The molecular formula is C25H30N4O3S. The largest absolute Gasteiger partial charge is 0.348 e. The molecule has 0 fully saturated rings. The maximum absolute atomic E-state index is 12.3. The van der Waals surface area contributed by atoms with Crippen LogP contribution in [0, 0.1) is 13.8 Å². The molecule has 0 spiro atoms. The fourth-order valence-corrected chi connectivity index (χ4v) is 4.93. The van der Waals surface area contributed by atoms with Gasteiger partial charge in [0.15, 0.2) is 0 Å². The molecule has 2 N–H and O–H groups in total. The van der Waals surface area contributed by atoms with Gasteiger partial charge in [-0.2, -0.15) is 5.10 Å². The number of amides is 1. The van der Waals surface area contributed by atoms with Gasteiger partial charge < -0.3 is 5.32 Å². The number of sulfonamides is 1. The lowest BCUT2D eigenvalue weighted by Gasteiger charge is -2.10. The molecule has 3 rings (SSSR count). The van der Waals surface area contributed by atoms with Crippen molar-refractivity contribution in [2.45, 2.75) is 46.0 Å². The number of hydrogen-bond donors (Lipinski definition) is 2. The van der Waals surface area contributed by atoms with Crippen molar-refractivity contribution < 1.29 is 13.2 Å². The monoisotopic (exact) mass is 466 g/mol. The van der Waals surface area contributed by atoms with Crippen LogP contribution in [0.1, 0.15) is 41.9 Å². The molecule has 33 heavy (non-hydrogen) atoms. The van der Waals surface area contributed by atoms with Crippen molar-refractivity contribution in [3.8, 4) is 5.69 Å². The van der Waals surface area contributed by atoms with Gasteiger partial charge in [-0.3, -0.25) is 4.79 Å². The van der Waals surface area contributed by atoms with Crippen LogP contribution in [0.5, 0.6) is 0 Å². The Kier molecular flexibility index (Phi) is 7.84. The summed E-state index contributed by atoms with van der Waals surface area (Å²) >= 11 is 0. The minimum absolute atomic E-state index is 0.0735. The molecule has 1 aromatic heterocycles. The third kappa shape index (κ3) is 6.87. The van der Waals surface area contributed by atoms with Gasteiger partial charge in [-0.05, 0) is 57.0 Å². The van der Waals surface area contributed by atoms with Crippen LogP contribution in [-0.2, 0) is 27.1 Å².